The van der Waals surface area contributed by atoms with Crippen LogP contribution >= 0.6 is 0 Å². The van der Waals surface area contributed by atoms with Gasteiger partial charge >= 0.3 is 0 Å². The molecule has 0 saturated carbocycles. The van der Waals surface area contributed by atoms with E-state index >= 15 is 0 Å². The highest BCUT2D eigenvalue weighted by molar-refractivity contribution is 5.95. The molecule has 2 nitrogen and oxygen atoms in total. The van der Waals surface area contributed by atoms with Gasteiger partial charge in [0.2, 0.25) is 5.90 Å². The Labute approximate surface area is 115 Å². The molecule has 1 aliphatic heterocycles. The van der Waals surface area contributed by atoms with Crippen molar-refractivity contribution in [1.82, 2.24) is 0 Å². The summed E-state index contributed by atoms with van der Waals surface area (Å²) in [7, 11) is 1.75. The molecule has 100 valence electrons. The normalized spacial score (nSPS) is 22.8. The van der Waals surface area contributed by atoms with E-state index in [2.05, 4.69) is 30.3 Å². The lowest BCUT2D eigenvalue weighted by molar-refractivity contribution is 0.386. The van der Waals surface area contributed by atoms with Crippen LogP contribution in [0.25, 0.3) is 0 Å². The van der Waals surface area contributed by atoms with Crippen molar-refractivity contribution in [2.45, 2.75) is 44.6 Å². The fourth-order valence-electron chi connectivity index (χ4n) is 3.20. The van der Waals surface area contributed by atoms with E-state index in [0.29, 0.717) is 6.04 Å². The second-order valence-corrected chi connectivity index (χ2v) is 5.48. The van der Waals surface area contributed by atoms with Gasteiger partial charge in [-0.2, -0.15) is 0 Å². The predicted octanol–water partition coefficient (Wildman–Crippen LogP) is 3.92. The maximum Gasteiger partial charge on any atom is 0.211 e. The Morgan fingerprint density at radius 3 is 2.74 bits per heavy atom. The molecule has 1 atom stereocenters. The SMILES string of the molecule is COC1=NC(Cc2ccccc2)CC2=C1CCCC2. The zero-order valence-corrected chi connectivity index (χ0v) is 11.6. The molecule has 0 aromatic heterocycles. The van der Waals surface area contributed by atoms with Crippen molar-refractivity contribution in [2.75, 3.05) is 7.11 Å². The van der Waals surface area contributed by atoms with Crippen molar-refractivity contribution in [2.24, 2.45) is 4.99 Å². The van der Waals surface area contributed by atoms with E-state index < -0.39 is 0 Å². The van der Waals surface area contributed by atoms with E-state index in [9.17, 15) is 0 Å². The van der Waals surface area contributed by atoms with Crippen molar-refractivity contribution in [3.8, 4) is 0 Å². The van der Waals surface area contributed by atoms with Gasteiger partial charge in [-0.3, -0.25) is 0 Å². The molecular formula is C17H21NO. The van der Waals surface area contributed by atoms with Gasteiger partial charge in [0, 0.05) is 5.57 Å². The molecule has 0 spiro atoms. The van der Waals surface area contributed by atoms with Gasteiger partial charge in [0.1, 0.15) is 0 Å². The highest BCUT2D eigenvalue weighted by Crippen LogP contribution is 2.33. The molecular weight excluding hydrogens is 234 g/mol. The third-order valence-electron chi connectivity index (χ3n) is 4.13. The van der Waals surface area contributed by atoms with Crippen molar-refractivity contribution in [3.05, 3.63) is 47.0 Å². The predicted molar refractivity (Wildman–Crippen MR) is 78.5 cm³/mol. The average Bonchev–Trinajstić information content (AvgIpc) is 2.47. The third-order valence-corrected chi connectivity index (χ3v) is 4.13. The van der Waals surface area contributed by atoms with Gasteiger partial charge in [0.25, 0.3) is 0 Å². The maximum absolute atomic E-state index is 5.52. The Kier molecular flexibility index (Phi) is 3.67. The molecule has 0 fully saturated rings. The van der Waals surface area contributed by atoms with Crippen LogP contribution < -0.4 is 0 Å². The molecule has 0 amide bonds. The van der Waals surface area contributed by atoms with Gasteiger partial charge in [0.05, 0.1) is 13.2 Å². The van der Waals surface area contributed by atoms with Gasteiger partial charge in [-0.05, 0) is 44.1 Å². The fraction of sp³-hybridized carbons (Fsp3) is 0.471. The minimum Gasteiger partial charge on any atom is -0.481 e. The zero-order valence-electron chi connectivity index (χ0n) is 11.6. The summed E-state index contributed by atoms with van der Waals surface area (Å²) in [6.45, 7) is 0. The van der Waals surface area contributed by atoms with Gasteiger partial charge in [-0.15, -0.1) is 0 Å². The van der Waals surface area contributed by atoms with Crippen LogP contribution in [0.1, 0.15) is 37.7 Å². The Morgan fingerprint density at radius 1 is 1.16 bits per heavy atom. The van der Waals surface area contributed by atoms with Gasteiger partial charge in [-0.1, -0.05) is 35.9 Å². The van der Waals surface area contributed by atoms with Crippen LogP contribution in [0.5, 0.6) is 0 Å². The largest absolute Gasteiger partial charge is 0.481 e. The second kappa shape index (κ2) is 5.60. The molecule has 1 aliphatic carbocycles. The molecule has 0 bridgehead atoms. The van der Waals surface area contributed by atoms with Crippen LogP contribution in [0.2, 0.25) is 0 Å². The number of hydrogen-bond acceptors (Lipinski definition) is 2. The van der Waals surface area contributed by atoms with E-state index in [1.54, 1.807) is 12.7 Å². The minimum atomic E-state index is 0.356. The van der Waals surface area contributed by atoms with E-state index in [0.717, 1.165) is 25.2 Å². The minimum absolute atomic E-state index is 0.356. The molecule has 0 radical (unpaired) electrons. The first-order valence-electron chi connectivity index (χ1n) is 7.24. The van der Waals surface area contributed by atoms with E-state index in [4.69, 9.17) is 9.73 Å². The first-order valence-corrected chi connectivity index (χ1v) is 7.24. The van der Waals surface area contributed by atoms with Crippen LogP contribution in [0.15, 0.2) is 46.5 Å². The maximum atomic E-state index is 5.52. The second-order valence-electron chi connectivity index (χ2n) is 5.48. The Bertz CT molecular complexity index is 501. The quantitative estimate of drug-likeness (QED) is 0.785. The Morgan fingerprint density at radius 2 is 1.95 bits per heavy atom. The van der Waals surface area contributed by atoms with Crippen LogP contribution in [0.3, 0.4) is 0 Å². The molecule has 0 N–H and O–H groups in total. The summed E-state index contributed by atoms with van der Waals surface area (Å²) < 4.78 is 5.52. The highest BCUT2D eigenvalue weighted by Gasteiger charge is 2.26. The van der Waals surface area contributed by atoms with Gasteiger partial charge in [0.15, 0.2) is 0 Å². The fourth-order valence-corrected chi connectivity index (χ4v) is 3.20. The number of dihydropyridines is 1. The molecule has 0 saturated heterocycles. The molecule has 1 unspecified atom stereocenters. The smallest absolute Gasteiger partial charge is 0.211 e. The van der Waals surface area contributed by atoms with E-state index in [1.807, 2.05) is 0 Å². The number of aliphatic imine (C=N–C) groups is 1. The lowest BCUT2D eigenvalue weighted by Crippen LogP contribution is -2.24. The molecule has 2 aliphatic rings. The summed E-state index contributed by atoms with van der Waals surface area (Å²) in [6.07, 6.45) is 7.14. The molecule has 3 rings (SSSR count). The van der Waals surface area contributed by atoms with Crippen molar-refractivity contribution in [3.63, 3.8) is 0 Å². The monoisotopic (exact) mass is 255 g/mol. The van der Waals surface area contributed by atoms with E-state index in [-0.39, 0.29) is 0 Å². The summed E-state index contributed by atoms with van der Waals surface area (Å²) in [4.78, 5) is 4.82. The van der Waals surface area contributed by atoms with Gasteiger partial charge < -0.3 is 4.74 Å². The molecule has 1 aromatic carbocycles. The summed E-state index contributed by atoms with van der Waals surface area (Å²) in [5.74, 6) is 0.905. The zero-order chi connectivity index (χ0) is 13.1. The lowest BCUT2D eigenvalue weighted by Gasteiger charge is -2.28. The van der Waals surface area contributed by atoms with Crippen LogP contribution in [0, 0.1) is 0 Å². The van der Waals surface area contributed by atoms with Crippen molar-refractivity contribution in [1.29, 1.82) is 0 Å². The lowest BCUT2D eigenvalue weighted by atomic mass is 9.84. The van der Waals surface area contributed by atoms with Crippen LogP contribution in [-0.4, -0.2) is 19.0 Å². The molecule has 1 heterocycles. The van der Waals surface area contributed by atoms with Gasteiger partial charge in [-0.25, -0.2) is 4.99 Å². The summed E-state index contributed by atoms with van der Waals surface area (Å²) in [6, 6.07) is 11.0. The van der Waals surface area contributed by atoms with E-state index in [1.165, 1.54) is 30.4 Å². The molecule has 2 heteroatoms. The van der Waals surface area contributed by atoms with Crippen molar-refractivity contribution < 1.29 is 4.74 Å². The Hall–Kier alpha value is -1.57. The van der Waals surface area contributed by atoms with Crippen LogP contribution in [-0.2, 0) is 11.2 Å². The van der Waals surface area contributed by atoms with Crippen LogP contribution in [0.4, 0.5) is 0 Å². The number of nitrogens with zero attached hydrogens (tertiary/aromatic N) is 1. The van der Waals surface area contributed by atoms with Crippen molar-refractivity contribution >= 4 is 5.90 Å². The Balaban J connectivity index is 1.79. The average molecular weight is 255 g/mol. The topological polar surface area (TPSA) is 21.6 Å². The standard InChI is InChI=1S/C17H21NO/c1-19-17-16-10-6-5-9-14(16)12-15(18-17)11-13-7-3-2-4-8-13/h2-4,7-8,15H,5-6,9-12H2,1H3. The number of benzene rings is 1. The number of methoxy groups -OCH3 is 1. The summed E-state index contributed by atoms with van der Waals surface area (Å²) in [5, 5.41) is 0. The summed E-state index contributed by atoms with van der Waals surface area (Å²) in [5.41, 5.74) is 4.36. The summed E-state index contributed by atoms with van der Waals surface area (Å²) >= 11 is 0. The number of hydrogen-bond donors (Lipinski definition) is 0. The highest BCUT2D eigenvalue weighted by atomic mass is 16.5. The molecule has 19 heavy (non-hydrogen) atoms. The molecule has 1 aromatic rings. The third kappa shape index (κ3) is 2.73. The first kappa shape index (κ1) is 12.5. The first-order chi connectivity index (χ1) is 9.36. The number of ether oxygens (including phenoxy) is 1. The number of rotatable bonds is 2.